The minimum absolute atomic E-state index is 0.192. The number of nitrogens with two attached hydrogens (primary N) is 1. The van der Waals surface area contributed by atoms with Crippen LogP contribution in [-0.2, 0) is 11.3 Å². The Morgan fingerprint density at radius 2 is 2.22 bits per heavy atom. The Kier molecular flexibility index (Phi) is 4.74. The zero-order valence-corrected chi connectivity index (χ0v) is 13.3. The number of hydrogen-bond donors (Lipinski definition) is 2. The van der Waals surface area contributed by atoms with Crippen LogP contribution in [0.4, 0.5) is 10.7 Å². The van der Waals surface area contributed by atoms with Crippen LogP contribution in [-0.4, -0.2) is 26.5 Å². The summed E-state index contributed by atoms with van der Waals surface area (Å²) in [7, 11) is 0. The van der Waals surface area contributed by atoms with Gasteiger partial charge in [-0.15, -0.1) is 11.3 Å². The Bertz CT molecular complexity index is 764. The number of aromatic nitrogens is 2. The average Bonchev–Trinajstić information content (AvgIpc) is 3.05. The number of carbonyl (C=O) groups excluding carboxylic acids is 2. The van der Waals surface area contributed by atoms with E-state index in [4.69, 9.17) is 5.73 Å². The number of thiophene rings is 1. The Hall–Kier alpha value is -2.75. The lowest BCUT2D eigenvalue weighted by atomic mass is 10.1. The normalized spacial score (nSPS) is 10.7. The molecule has 0 atom stereocenters. The molecule has 0 spiro atoms. The van der Waals surface area contributed by atoms with E-state index in [-0.39, 0.29) is 23.7 Å². The van der Waals surface area contributed by atoms with Gasteiger partial charge in [-0.25, -0.2) is 0 Å². The van der Waals surface area contributed by atoms with Gasteiger partial charge in [0.1, 0.15) is 23.9 Å². The van der Waals surface area contributed by atoms with E-state index in [0.717, 1.165) is 22.0 Å². The molecule has 2 aromatic heterocycles. The van der Waals surface area contributed by atoms with Crippen LogP contribution in [0.3, 0.4) is 0 Å². The van der Waals surface area contributed by atoms with E-state index in [2.05, 4.69) is 10.4 Å². The van der Waals surface area contributed by atoms with Crippen molar-refractivity contribution in [3.05, 3.63) is 39.0 Å². The van der Waals surface area contributed by atoms with Gasteiger partial charge in [0.2, 0.25) is 5.91 Å². The van der Waals surface area contributed by atoms with Gasteiger partial charge >= 0.3 is 5.69 Å². The van der Waals surface area contributed by atoms with E-state index in [1.807, 2.05) is 13.8 Å². The summed E-state index contributed by atoms with van der Waals surface area (Å²) in [5.41, 5.74) is 5.37. The number of hydrogen-bond acceptors (Lipinski definition) is 6. The number of primary amides is 1. The second-order valence-electron chi connectivity index (χ2n) is 5.11. The van der Waals surface area contributed by atoms with Crippen LogP contribution < -0.4 is 11.1 Å². The fourth-order valence-corrected chi connectivity index (χ4v) is 2.90. The molecule has 9 nitrogen and oxygen atoms in total. The summed E-state index contributed by atoms with van der Waals surface area (Å²) in [6, 6.07) is 1.66. The SMILES string of the molecule is CC(C)c1cc(C(N)=O)c(NC(=O)Cn2cc([N+](=O)[O-])cn2)s1. The number of anilines is 1. The summed E-state index contributed by atoms with van der Waals surface area (Å²) in [5, 5.41) is 17.3. The fraction of sp³-hybridized carbons (Fsp3) is 0.308. The highest BCUT2D eigenvalue weighted by Gasteiger charge is 2.18. The van der Waals surface area contributed by atoms with Crippen molar-refractivity contribution in [1.29, 1.82) is 0 Å². The maximum Gasteiger partial charge on any atom is 0.307 e. The number of nitrogens with zero attached hydrogens (tertiary/aromatic N) is 3. The molecule has 0 radical (unpaired) electrons. The van der Waals surface area contributed by atoms with Crippen LogP contribution in [0.25, 0.3) is 0 Å². The van der Waals surface area contributed by atoms with Crippen molar-refractivity contribution in [2.24, 2.45) is 5.73 Å². The number of amides is 2. The smallest absolute Gasteiger partial charge is 0.307 e. The van der Waals surface area contributed by atoms with Gasteiger partial charge in [-0.2, -0.15) is 5.10 Å². The molecule has 23 heavy (non-hydrogen) atoms. The van der Waals surface area contributed by atoms with Crippen molar-refractivity contribution in [2.75, 3.05) is 5.32 Å². The lowest BCUT2D eigenvalue weighted by Gasteiger charge is -2.04. The third kappa shape index (κ3) is 3.92. The van der Waals surface area contributed by atoms with E-state index in [9.17, 15) is 19.7 Å². The molecule has 2 aromatic rings. The number of rotatable bonds is 6. The summed E-state index contributed by atoms with van der Waals surface area (Å²) in [6.07, 6.45) is 2.21. The highest BCUT2D eigenvalue weighted by atomic mass is 32.1. The molecule has 3 N–H and O–H groups in total. The van der Waals surface area contributed by atoms with Crippen molar-refractivity contribution >= 4 is 33.8 Å². The van der Waals surface area contributed by atoms with Crippen molar-refractivity contribution in [2.45, 2.75) is 26.3 Å². The molecule has 0 saturated heterocycles. The number of nitrogens with one attached hydrogen (secondary N) is 1. The van der Waals surface area contributed by atoms with Crippen LogP contribution in [0.15, 0.2) is 18.5 Å². The molecule has 2 amide bonds. The predicted molar refractivity (Wildman–Crippen MR) is 84.4 cm³/mol. The molecule has 0 saturated carbocycles. The third-order valence-electron chi connectivity index (χ3n) is 2.97. The van der Waals surface area contributed by atoms with E-state index in [0.29, 0.717) is 5.00 Å². The second-order valence-corrected chi connectivity index (χ2v) is 6.20. The summed E-state index contributed by atoms with van der Waals surface area (Å²) < 4.78 is 1.15. The molecule has 0 aliphatic rings. The molecule has 122 valence electrons. The molecule has 0 unspecified atom stereocenters. The lowest BCUT2D eigenvalue weighted by molar-refractivity contribution is -0.385. The molecule has 10 heteroatoms. The summed E-state index contributed by atoms with van der Waals surface area (Å²) in [4.78, 5) is 34.4. The van der Waals surface area contributed by atoms with Gasteiger partial charge in [-0.05, 0) is 12.0 Å². The maximum absolute atomic E-state index is 12.0. The van der Waals surface area contributed by atoms with Crippen molar-refractivity contribution in [3.8, 4) is 0 Å². The minimum atomic E-state index is -0.627. The lowest BCUT2D eigenvalue weighted by Crippen LogP contribution is -2.20. The van der Waals surface area contributed by atoms with E-state index in [1.54, 1.807) is 6.07 Å². The first-order valence-electron chi connectivity index (χ1n) is 6.68. The zero-order chi connectivity index (χ0) is 17.1. The largest absolute Gasteiger partial charge is 0.366 e. The van der Waals surface area contributed by atoms with Crippen molar-refractivity contribution in [3.63, 3.8) is 0 Å². The highest BCUT2D eigenvalue weighted by Crippen LogP contribution is 2.32. The monoisotopic (exact) mass is 337 g/mol. The minimum Gasteiger partial charge on any atom is -0.366 e. The molecule has 0 aliphatic heterocycles. The van der Waals surface area contributed by atoms with Crippen molar-refractivity contribution in [1.82, 2.24) is 9.78 Å². The quantitative estimate of drug-likeness (QED) is 0.611. The molecule has 0 aliphatic carbocycles. The van der Waals surface area contributed by atoms with Crippen LogP contribution in [0.1, 0.15) is 35.0 Å². The summed E-state index contributed by atoms with van der Waals surface area (Å²) in [5.74, 6) is -0.890. The first-order valence-corrected chi connectivity index (χ1v) is 7.49. The van der Waals surface area contributed by atoms with E-state index >= 15 is 0 Å². The van der Waals surface area contributed by atoms with Gasteiger partial charge < -0.3 is 11.1 Å². The highest BCUT2D eigenvalue weighted by molar-refractivity contribution is 7.16. The molecule has 2 heterocycles. The van der Waals surface area contributed by atoms with Crippen molar-refractivity contribution < 1.29 is 14.5 Å². The standard InChI is InChI=1S/C13H15N5O4S/c1-7(2)10-3-9(12(14)20)13(23-10)16-11(19)6-17-5-8(4-15-17)18(21)22/h3-5,7H,6H2,1-2H3,(H2,14,20)(H,16,19). The number of nitro groups is 1. The Labute approximate surface area is 135 Å². The van der Waals surface area contributed by atoms with Crippen LogP contribution in [0, 0.1) is 10.1 Å². The molecular weight excluding hydrogens is 322 g/mol. The van der Waals surface area contributed by atoms with Crippen LogP contribution in [0.2, 0.25) is 0 Å². The Balaban J connectivity index is 2.13. The molecular formula is C13H15N5O4S. The van der Waals surface area contributed by atoms with Crippen LogP contribution in [0.5, 0.6) is 0 Å². The van der Waals surface area contributed by atoms with Gasteiger partial charge in [0.15, 0.2) is 0 Å². The second kappa shape index (κ2) is 6.57. The Morgan fingerprint density at radius 3 is 2.74 bits per heavy atom. The van der Waals surface area contributed by atoms with Gasteiger partial charge in [0.05, 0.1) is 10.5 Å². The first-order chi connectivity index (χ1) is 10.8. The van der Waals surface area contributed by atoms with E-state index < -0.39 is 16.7 Å². The molecule has 0 fully saturated rings. The molecule has 0 aromatic carbocycles. The van der Waals surface area contributed by atoms with Crippen LogP contribution >= 0.6 is 11.3 Å². The molecule has 2 rings (SSSR count). The Morgan fingerprint density at radius 1 is 1.52 bits per heavy atom. The van der Waals surface area contributed by atoms with Gasteiger partial charge in [-0.3, -0.25) is 24.4 Å². The zero-order valence-electron chi connectivity index (χ0n) is 12.5. The maximum atomic E-state index is 12.0. The van der Waals surface area contributed by atoms with Gasteiger partial charge in [-0.1, -0.05) is 13.8 Å². The van der Waals surface area contributed by atoms with E-state index in [1.165, 1.54) is 11.3 Å². The first kappa shape index (κ1) is 16.6. The van der Waals surface area contributed by atoms with Gasteiger partial charge in [0.25, 0.3) is 5.91 Å². The van der Waals surface area contributed by atoms with Gasteiger partial charge in [0, 0.05) is 4.88 Å². The number of carbonyl (C=O) groups is 2. The average molecular weight is 337 g/mol. The summed E-state index contributed by atoms with van der Waals surface area (Å²) in [6.45, 7) is 3.72. The topological polar surface area (TPSA) is 133 Å². The fourth-order valence-electron chi connectivity index (χ4n) is 1.82. The predicted octanol–water partition coefficient (Wildman–Crippen LogP) is 1.71. The molecule has 0 bridgehead atoms. The summed E-state index contributed by atoms with van der Waals surface area (Å²) >= 11 is 1.27. The third-order valence-corrected chi connectivity index (χ3v) is 4.33.